The molecule has 9 atom stereocenters. The Morgan fingerprint density at radius 1 is 0.903 bits per heavy atom. The normalized spacial score (nSPS) is 39.3. The third-order valence-corrected chi connectivity index (χ3v) is 7.60. The minimum atomic E-state index is -4.98. The summed E-state index contributed by atoms with van der Waals surface area (Å²) < 4.78 is 75.4. The predicted molar refractivity (Wildman–Crippen MR) is 84.7 cm³/mol. The Hall–Kier alpha value is 1.50. The maximum Gasteiger partial charge on any atom is 1.00 e. The van der Waals surface area contributed by atoms with Gasteiger partial charge in [-0.1, -0.05) is 6.92 Å². The van der Waals surface area contributed by atoms with E-state index in [1.54, 1.807) is 0 Å². The van der Waals surface area contributed by atoms with Gasteiger partial charge in [0.15, 0.2) is 17.8 Å². The minimum Gasteiger partial charge on any atom is -0.707 e. The van der Waals surface area contributed by atoms with E-state index in [1.165, 1.54) is 13.8 Å². The number of methoxy groups -OCH3 is 1. The van der Waals surface area contributed by atoms with Gasteiger partial charge in [-0.15, -0.1) is 0 Å². The molecule has 172 valence electrons. The number of aliphatic hydroxyl groups excluding tert-OH is 2. The summed E-state index contributed by atoms with van der Waals surface area (Å²) in [4.78, 5) is 0. The third-order valence-electron chi connectivity index (χ3n) is 4.84. The van der Waals surface area contributed by atoms with Gasteiger partial charge in [-0.05, 0) is 6.92 Å². The Morgan fingerprint density at radius 2 is 1.42 bits per heavy atom. The van der Waals surface area contributed by atoms with Crippen LogP contribution in [0.4, 0.5) is 0 Å². The first-order valence-electron chi connectivity index (χ1n) is 8.33. The molecular weight excluding hydrogens is 490 g/mol. The zero-order chi connectivity index (χ0) is 22.1. The van der Waals surface area contributed by atoms with Crippen LogP contribution in [0, 0.1) is 5.92 Å². The van der Waals surface area contributed by atoms with E-state index in [0.717, 1.165) is 7.11 Å². The van der Waals surface area contributed by atoms with E-state index in [-0.39, 0.29) is 65.7 Å². The van der Waals surface area contributed by atoms with Crippen molar-refractivity contribution in [2.24, 2.45) is 5.92 Å². The largest absolute Gasteiger partial charge is 1.00 e. The average molecular weight is 512 g/mol. The summed E-state index contributed by atoms with van der Waals surface area (Å²) in [7, 11) is -8.80. The van der Waals surface area contributed by atoms with Gasteiger partial charge >= 0.3 is 59.1 Å². The summed E-state index contributed by atoms with van der Waals surface area (Å²) in [5.41, 5.74) is 0. The second kappa shape index (κ2) is 13.0. The van der Waals surface area contributed by atoms with Crippen LogP contribution in [0.1, 0.15) is 13.8 Å². The van der Waals surface area contributed by atoms with Crippen LogP contribution < -0.4 is 69.6 Å². The van der Waals surface area contributed by atoms with E-state index >= 15 is 0 Å². The van der Waals surface area contributed by atoms with Crippen LogP contribution in [0.2, 0.25) is 0 Å². The number of ether oxygens (including phenoxy) is 4. The van der Waals surface area contributed by atoms with Gasteiger partial charge in [0, 0.05) is 13.0 Å². The first-order valence-corrected chi connectivity index (χ1v) is 11.3. The van der Waals surface area contributed by atoms with Crippen molar-refractivity contribution in [1.29, 1.82) is 0 Å². The summed E-state index contributed by atoms with van der Waals surface area (Å²) in [6.45, 7) is 2.52. The van der Waals surface area contributed by atoms with Gasteiger partial charge in [-0.25, -0.2) is 0 Å². The second-order valence-electron chi connectivity index (χ2n) is 6.76. The Labute approximate surface area is 223 Å². The van der Waals surface area contributed by atoms with Crippen LogP contribution in [0.5, 0.6) is 0 Å². The number of aliphatic hydroxyl groups is 2. The molecule has 0 radical (unpaired) electrons. The van der Waals surface area contributed by atoms with Gasteiger partial charge in [-0.3, -0.25) is 0 Å². The van der Waals surface area contributed by atoms with E-state index in [2.05, 4.69) is 8.67 Å². The van der Waals surface area contributed by atoms with Crippen molar-refractivity contribution in [2.45, 2.75) is 61.3 Å². The van der Waals surface area contributed by atoms with Gasteiger partial charge in [-0.2, -0.15) is 16.8 Å². The van der Waals surface area contributed by atoms with Crippen molar-refractivity contribution in [1.82, 2.24) is 0 Å². The van der Waals surface area contributed by atoms with Crippen LogP contribution in [0.3, 0.4) is 0 Å². The summed E-state index contributed by atoms with van der Waals surface area (Å²) in [6.07, 6.45) is -9.86. The molecule has 0 amide bonds. The summed E-state index contributed by atoms with van der Waals surface area (Å²) in [5.74, 6) is -0.738. The van der Waals surface area contributed by atoms with Gasteiger partial charge in [0.05, 0.1) is 18.8 Å². The van der Waals surface area contributed by atoms with Gasteiger partial charge in [0.2, 0.25) is 0 Å². The van der Waals surface area contributed by atoms with Crippen LogP contribution in [-0.2, 0) is 47.9 Å². The zero-order valence-electron chi connectivity index (χ0n) is 17.5. The molecule has 2 fully saturated rings. The molecule has 2 rings (SSSR count). The first-order chi connectivity index (χ1) is 13.4. The maximum absolute atomic E-state index is 12.1. The molecule has 2 N–H and O–H groups in total. The number of hydrogen-bond donors (Lipinski definition) is 2. The molecule has 18 heteroatoms. The summed E-state index contributed by atoms with van der Waals surface area (Å²) in [6, 6.07) is 0. The van der Waals surface area contributed by atoms with Gasteiger partial charge in [0.1, 0.15) is 17.5 Å². The summed E-state index contributed by atoms with van der Waals surface area (Å²) >= 11 is 0. The van der Waals surface area contributed by atoms with Crippen molar-refractivity contribution in [3.63, 3.8) is 0 Å². The van der Waals surface area contributed by atoms with Crippen LogP contribution in [0.25, 0.3) is 0 Å². The molecule has 31 heavy (non-hydrogen) atoms. The number of rotatable bonds is 7. The molecule has 0 spiro atoms. The Morgan fingerprint density at radius 3 is 1.90 bits per heavy atom. The molecular formula is C13H22Na2O14S2. The molecule has 2 unspecified atom stereocenters. The van der Waals surface area contributed by atoms with Gasteiger partial charge < -0.3 is 48.3 Å². The monoisotopic (exact) mass is 512 g/mol. The molecule has 2 saturated heterocycles. The molecule has 0 aromatic heterocycles. The second-order valence-corrected chi connectivity index (χ2v) is 10.1. The topological polar surface area (TPSA) is 210 Å². The Bertz CT molecular complexity index is 764. The molecule has 14 nitrogen and oxygen atoms in total. The Kier molecular flexibility index (Phi) is 13.6. The quantitative estimate of drug-likeness (QED) is 0.184. The van der Waals surface area contributed by atoms with Crippen LogP contribution >= 0.6 is 0 Å². The van der Waals surface area contributed by atoms with Crippen molar-refractivity contribution in [2.75, 3.05) is 13.7 Å². The minimum absolute atomic E-state index is 0. The van der Waals surface area contributed by atoms with E-state index < -0.39 is 73.6 Å². The van der Waals surface area contributed by atoms with E-state index in [0.29, 0.717) is 0 Å². The van der Waals surface area contributed by atoms with Crippen molar-refractivity contribution >= 4 is 20.2 Å². The van der Waals surface area contributed by atoms with Crippen LogP contribution in [0.15, 0.2) is 0 Å². The molecule has 0 bridgehead atoms. The molecule has 0 aromatic carbocycles. The van der Waals surface area contributed by atoms with E-state index in [1.807, 2.05) is 0 Å². The van der Waals surface area contributed by atoms with Crippen LogP contribution in [-0.4, -0.2) is 88.3 Å². The maximum atomic E-state index is 12.1. The SMILES string of the molecule is COC1OC(C)[C@H](O[C@@H]2OC[C@@H](C)[C@@H](O)[C@@H]2S(=O)(=O)O[O-])[C@H](S(=O)(=O)O[O-])[C@@H]1O.[Na+].[Na+]. The standard InChI is InChI=1S/C13H24O14S2.2Na/c1-5-4-23-13(11(7(5)14)29(20,21)27-17)25-9-6(2)24-12(22-3)8(15)10(9)28(18,19)26-16;;/h5-17H,4H2,1-3H3;;/q;2*+1/p-2/t5-,6?,7-,8+,9+,10-,11+,12?,13+;;/m1../s1. The summed E-state index contributed by atoms with van der Waals surface area (Å²) in [5, 5.41) is 37.8. The van der Waals surface area contributed by atoms with Gasteiger partial charge in [0.25, 0.3) is 20.2 Å². The smallest absolute Gasteiger partial charge is 0.707 e. The predicted octanol–water partition coefficient (Wildman–Crippen LogP) is -10.5. The van der Waals surface area contributed by atoms with Crippen molar-refractivity contribution in [3.8, 4) is 0 Å². The molecule has 2 aliphatic rings. The fraction of sp³-hybridized carbons (Fsp3) is 1.00. The van der Waals surface area contributed by atoms with E-state index in [9.17, 15) is 37.6 Å². The van der Waals surface area contributed by atoms with Crippen molar-refractivity contribution in [3.05, 3.63) is 0 Å². The first kappa shape index (κ1) is 32.5. The molecule has 2 aliphatic heterocycles. The fourth-order valence-corrected chi connectivity index (χ4v) is 5.59. The van der Waals surface area contributed by atoms with E-state index in [4.69, 9.17) is 18.9 Å². The molecule has 2 heterocycles. The third kappa shape index (κ3) is 7.02. The number of hydrogen-bond acceptors (Lipinski definition) is 14. The molecule has 0 aliphatic carbocycles. The zero-order valence-corrected chi connectivity index (χ0v) is 23.1. The molecule has 0 saturated carbocycles. The fourth-order valence-electron chi connectivity index (χ4n) is 3.30. The molecule has 0 aromatic rings. The van der Waals surface area contributed by atoms with Crippen molar-refractivity contribution < 1.29 is 124 Å². The Balaban J connectivity index is 0.00000450. The average Bonchev–Trinajstić information content (AvgIpc) is 2.66.